The Bertz CT molecular complexity index is 731. The van der Waals surface area contributed by atoms with Gasteiger partial charge in [-0.3, -0.25) is 14.5 Å². The molecule has 1 spiro atoms. The lowest BCUT2D eigenvalue weighted by Gasteiger charge is -2.49. The molecule has 1 aromatic rings. The van der Waals surface area contributed by atoms with Gasteiger partial charge in [0.2, 0.25) is 5.91 Å². The van der Waals surface area contributed by atoms with Crippen LogP contribution in [0.3, 0.4) is 0 Å². The molecule has 1 aromatic heterocycles. The number of likely N-dealkylation sites (tertiary alicyclic amines) is 1. The zero-order chi connectivity index (χ0) is 19.0. The van der Waals surface area contributed by atoms with Crippen LogP contribution >= 0.6 is 11.3 Å². The molecule has 4 rings (SSSR count). The van der Waals surface area contributed by atoms with E-state index >= 15 is 0 Å². The minimum Gasteiger partial charge on any atom is -0.343 e. The van der Waals surface area contributed by atoms with Crippen LogP contribution in [0.25, 0.3) is 0 Å². The normalized spacial score (nSPS) is 27.0. The molecule has 6 heteroatoms. The summed E-state index contributed by atoms with van der Waals surface area (Å²) >= 11 is 1.77. The topological polar surface area (TPSA) is 43.9 Å². The molecule has 1 atom stereocenters. The molecule has 2 amide bonds. The van der Waals surface area contributed by atoms with Gasteiger partial charge in [-0.15, -0.1) is 11.3 Å². The highest BCUT2D eigenvalue weighted by Crippen LogP contribution is 2.35. The van der Waals surface area contributed by atoms with E-state index in [1.165, 1.54) is 23.3 Å². The van der Waals surface area contributed by atoms with Crippen molar-refractivity contribution in [2.75, 3.05) is 39.8 Å². The van der Waals surface area contributed by atoms with E-state index in [1.807, 2.05) is 4.90 Å². The zero-order valence-electron chi connectivity index (χ0n) is 16.6. The van der Waals surface area contributed by atoms with E-state index in [-0.39, 0.29) is 17.4 Å². The highest BCUT2D eigenvalue weighted by Gasteiger charge is 2.43. The van der Waals surface area contributed by atoms with E-state index in [2.05, 4.69) is 29.2 Å². The van der Waals surface area contributed by atoms with Crippen LogP contribution in [0, 0.1) is 0 Å². The Labute approximate surface area is 166 Å². The summed E-state index contributed by atoms with van der Waals surface area (Å²) in [4.78, 5) is 33.6. The third-order valence-corrected chi connectivity index (χ3v) is 8.05. The van der Waals surface area contributed by atoms with Crippen molar-refractivity contribution in [3.05, 3.63) is 21.4 Å². The molecule has 0 saturated carbocycles. The van der Waals surface area contributed by atoms with Crippen LogP contribution in [0.1, 0.15) is 59.8 Å². The number of carbonyl (C=O) groups excluding carboxylic acids is 2. The average molecular weight is 390 g/mol. The van der Waals surface area contributed by atoms with Gasteiger partial charge < -0.3 is 9.80 Å². The van der Waals surface area contributed by atoms with E-state index in [9.17, 15) is 9.59 Å². The second-order valence-corrected chi connectivity index (χ2v) is 9.32. The maximum Gasteiger partial charge on any atom is 0.255 e. The fourth-order valence-corrected chi connectivity index (χ4v) is 6.16. The Balaban J connectivity index is 1.54. The number of aryl methyl sites for hydroxylation is 1. The number of hydrogen-bond donors (Lipinski definition) is 0. The molecule has 0 N–H and O–H groups in total. The van der Waals surface area contributed by atoms with Gasteiger partial charge in [0.1, 0.15) is 0 Å². The Morgan fingerprint density at radius 3 is 2.78 bits per heavy atom. The summed E-state index contributed by atoms with van der Waals surface area (Å²) in [5.41, 5.74) is 2.20. The first-order chi connectivity index (χ1) is 13.0. The Hall–Kier alpha value is -1.40. The van der Waals surface area contributed by atoms with Crippen LogP contribution in [0.5, 0.6) is 0 Å². The molecule has 1 aliphatic carbocycles. The number of rotatable bonds is 2. The summed E-state index contributed by atoms with van der Waals surface area (Å²) in [5.74, 6) is 0.475. The maximum atomic E-state index is 13.4. The minimum absolute atomic E-state index is 0.0659. The van der Waals surface area contributed by atoms with E-state index in [0.29, 0.717) is 6.42 Å². The van der Waals surface area contributed by atoms with Gasteiger partial charge in [0, 0.05) is 54.9 Å². The van der Waals surface area contributed by atoms with E-state index < -0.39 is 0 Å². The van der Waals surface area contributed by atoms with Crippen molar-refractivity contribution < 1.29 is 9.59 Å². The average Bonchev–Trinajstić information content (AvgIpc) is 3.05. The van der Waals surface area contributed by atoms with Crippen molar-refractivity contribution in [2.45, 2.75) is 57.4 Å². The molecular formula is C21H31N3O2S. The maximum absolute atomic E-state index is 13.4. The summed E-state index contributed by atoms with van der Waals surface area (Å²) < 4.78 is 0. The van der Waals surface area contributed by atoms with Crippen LogP contribution in [-0.4, -0.2) is 71.8 Å². The predicted molar refractivity (Wildman–Crippen MR) is 108 cm³/mol. The van der Waals surface area contributed by atoms with Gasteiger partial charge in [-0.1, -0.05) is 0 Å². The Morgan fingerprint density at radius 1 is 1.15 bits per heavy atom. The highest BCUT2D eigenvalue weighted by atomic mass is 32.1. The summed E-state index contributed by atoms with van der Waals surface area (Å²) in [6.45, 7) is 6.05. The number of amides is 2. The van der Waals surface area contributed by atoms with Crippen molar-refractivity contribution in [1.29, 1.82) is 0 Å². The molecule has 0 radical (unpaired) electrons. The quantitative estimate of drug-likeness (QED) is 0.781. The van der Waals surface area contributed by atoms with Gasteiger partial charge in [-0.25, -0.2) is 0 Å². The van der Waals surface area contributed by atoms with Gasteiger partial charge in [0.25, 0.3) is 5.91 Å². The number of thiophene rings is 1. The third kappa shape index (κ3) is 3.42. The Morgan fingerprint density at radius 2 is 1.96 bits per heavy atom. The van der Waals surface area contributed by atoms with E-state index in [0.717, 1.165) is 64.0 Å². The molecule has 5 nitrogen and oxygen atoms in total. The summed E-state index contributed by atoms with van der Waals surface area (Å²) in [5, 5.41) is 2.10. The summed E-state index contributed by atoms with van der Waals surface area (Å²) in [7, 11) is 2.17. The SMILES string of the molecule is CCN1CC[C@@]2(CCC1=O)CN(C(=O)c1csc3c1CCCC3)CCN2C. The number of hydrogen-bond acceptors (Lipinski definition) is 4. The van der Waals surface area contributed by atoms with Crippen LogP contribution in [0.4, 0.5) is 0 Å². The third-order valence-electron chi connectivity index (χ3n) is 6.96. The molecule has 3 heterocycles. The molecule has 2 fully saturated rings. The molecule has 3 aliphatic rings. The second kappa shape index (κ2) is 7.55. The lowest BCUT2D eigenvalue weighted by molar-refractivity contribution is -0.130. The van der Waals surface area contributed by atoms with Crippen LogP contribution in [0.15, 0.2) is 5.38 Å². The number of carbonyl (C=O) groups is 2. The number of nitrogens with zero attached hydrogens (tertiary/aromatic N) is 3. The van der Waals surface area contributed by atoms with E-state index in [1.54, 1.807) is 11.3 Å². The minimum atomic E-state index is -0.0659. The number of fused-ring (bicyclic) bond motifs is 1. The fraction of sp³-hybridized carbons (Fsp3) is 0.714. The lowest BCUT2D eigenvalue weighted by atomic mass is 9.86. The first kappa shape index (κ1) is 18.9. The molecule has 0 aromatic carbocycles. The van der Waals surface area contributed by atoms with Gasteiger partial charge in [0.15, 0.2) is 0 Å². The first-order valence-corrected chi connectivity index (χ1v) is 11.3. The molecule has 148 valence electrons. The standard InChI is InChI=1S/C21H31N3O2S/c1-3-23-11-10-21(9-8-19(23)25)15-24(13-12-22(21)2)20(26)17-14-27-18-7-5-4-6-16(17)18/h14H,3-13,15H2,1-2H3/t21-/m0/s1. The van der Waals surface area contributed by atoms with Crippen molar-refractivity contribution in [1.82, 2.24) is 14.7 Å². The first-order valence-electron chi connectivity index (χ1n) is 10.4. The Kier molecular flexibility index (Phi) is 5.30. The predicted octanol–water partition coefficient (Wildman–Crippen LogP) is 2.79. The summed E-state index contributed by atoms with van der Waals surface area (Å²) in [6, 6.07) is 0. The zero-order valence-corrected chi connectivity index (χ0v) is 17.4. The lowest BCUT2D eigenvalue weighted by Crippen LogP contribution is -2.62. The molecular weight excluding hydrogens is 358 g/mol. The number of likely N-dealkylation sites (N-methyl/N-ethyl adjacent to an activating group) is 1. The molecule has 0 unspecified atom stereocenters. The van der Waals surface area contributed by atoms with Gasteiger partial charge in [0.05, 0.1) is 5.56 Å². The fourth-order valence-electron chi connectivity index (χ4n) is 5.04. The number of piperazine rings is 1. The van der Waals surface area contributed by atoms with Crippen molar-refractivity contribution in [2.24, 2.45) is 0 Å². The van der Waals surface area contributed by atoms with E-state index in [4.69, 9.17) is 0 Å². The second-order valence-electron chi connectivity index (χ2n) is 8.35. The smallest absolute Gasteiger partial charge is 0.255 e. The molecule has 2 saturated heterocycles. The van der Waals surface area contributed by atoms with Crippen molar-refractivity contribution in [3.8, 4) is 0 Å². The summed E-state index contributed by atoms with van der Waals surface area (Å²) in [6.07, 6.45) is 7.03. The largest absolute Gasteiger partial charge is 0.343 e. The molecule has 0 bridgehead atoms. The monoisotopic (exact) mass is 389 g/mol. The van der Waals surface area contributed by atoms with Crippen LogP contribution in [-0.2, 0) is 17.6 Å². The van der Waals surface area contributed by atoms with Crippen LogP contribution in [0.2, 0.25) is 0 Å². The highest BCUT2D eigenvalue weighted by molar-refractivity contribution is 7.10. The van der Waals surface area contributed by atoms with Crippen molar-refractivity contribution in [3.63, 3.8) is 0 Å². The molecule has 2 aliphatic heterocycles. The molecule has 27 heavy (non-hydrogen) atoms. The van der Waals surface area contributed by atoms with Gasteiger partial charge in [-0.2, -0.15) is 0 Å². The van der Waals surface area contributed by atoms with Gasteiger partial charge >= 0.3 is 0 Å². The van der Waals surface area contributed by atoms with Crippen LogP contribution < -0.4 is 0 Å². The van der Waals surface area contributed by atoms with Gasteiger partial charge in [-0.05, 0) is 58.1 Å². The van der Waals surface area contributed by atoms with Crippen molar-refractivity contribution >= 4 is 23.2 Å².